The second kappa shape index (κ2) is 8.67. The molecule has 1 unspecified atom stereocenters. The first-order valence-corrected chi connectivity index (χ1v) is 8.71. The van der Waals surface area contributed by atoms with E-state index in [1.165, 1.54) is 0 Å². The lowest BCUT2D eigenvalue weighted by molar-refractivity contribution is 0.0941. The predicted octanol–water partition coefficient (Wildman–Crippen LogP) is 4.82. The molecule has 3 aromatic rings. The molecule has 3 N–H and O–H groups in total. The highest BCUT2D eigenvalue weighted by Gasteiger charge is 2.16. The molecule has 27 heavy (non-hydrogen) atoms. The van der Waals surface area contributed by atoms with Gasteiger partial charge in [0.25, 0.3) is 5.91 Å². The van der Waals surface area contributed by atoms with Gasteiger partial charge in [0.15, 0.2) is 0 Å². The molecule has 136 valence electrons. The molecule has 0 aliphatic rings. The van der Waals surface area contributed by atoms with E-state index in [4.69, 9.17) is 0 Å². The second-order valence-electron chi connectivity index (χ2n) is 6.10. The average molecular weight is 359 g/mol. The van der Waals surface area contributed by atoms with Gasteiger partial charge in [0.05, 0.1) is 17.3 Å². The Morgan fingerprint density at radius 3 is 2.04 bits per heavy atom. The maximum atomic E-state index is 12.7. The van der Waals surface area contributed by atoms with E-state index in [0.717, 1.165) is 5.56 Å². The Hall–Kier alpha value is -3.60. The van der Waals surface area contributed by atoms with Crippen molar-refractivity contribution in [3.05, 3.63) is 96.1 Å². The summed E-state index contributed by atoms with van der Waals surface area (Å²) in [5, 5.41) is 8.45. The van der Waals surface area contributed by atoms with Crippen LogP contribution in [0.15, 0.2) is 84.9 Å². The third kappa shape index (κ3) is 4.95. The lowest BCUT2D eigenvalue weighted by Crippen LogP contribution is -2.28. The summed E-state index contributed by atoms with van der Waals surface area (Å²) in [6, 6.07) is 25.2. The highest BCUT2D eigenvalue weighted by Crippen LogP contribution is 2.18. The molecule has 0 fully saturated rings. The molecule has 0 aliphatic heterocycles. The predicted molar refractivity (Wildman–Crippen MR) is 108 cm³/mol. The first-order chi connectivity index (χ1) is 13.1. The third-order valence-corrected chi connectivity index (χ3v) is 4.10. The zero-order valence-electron chi connectivity index (χ0n) is 15.0. The number of benzene rings is 3. The van der Waals surface area contributed by atoms with Crippen molar-refractivity contribution in [1.29, 1.82) is 0 Å². The van der Waals surface area contributed by atoms with Crippen molar-refractivity contribution >= 4 is 23.3 Å². The van der Waals surface area contributed by atoms with Gasteiger partial charge < -0.3 is 16.0 Å². The monoisotopic (exact) mass is 359 g/mol. The lowest BCUT2D eigenvalue weighted by Gasteiger charge is -2.16. The third-order valence-electron chi connectivity index (χ3n) is 4.10. The maximum Gasteiger partial charge on any atom is 0.323 e. The van der Waals surface area contributed by atoms with Crippen molar-refractivity contribution in [2.75, 3.05) is 10.6 Å². The topological polar surface area (TPSA) is 70.2 Å². The number of rotatable bonds is 5. The Kier molecular flexibility index (Phi) is 5.84. The number of hydrogen-bond donors (Lipinski definition) is 3. The molecule has 5 nitrogen and oxygen atoms in total. The van der Waals surface area contributed by atoms with E-state index in [0.29, 0.717) is 16.9 Å². The minimum absolute atomic E-state index is 0.148. The molecule has 1 atom stereocenters. The first kappa shape index (κ1) is 18.2. The van der Waals surface area contributed by atoms with Gasteiger partial charge in [0, 0.05) is 5.69 Å². The number of amides is 3. The minimum Gasteiger partial charge on any atom is -0.345 e. The Balaban J connectivity index is 1.69. The van der Waals surface area contributed by atoms with Crippen LogP contribution < -0.4 is 16.0 Å². The molecule has 0 bridgehead atoms. The van der Waals surface area contributed by atoms with Crippen molar-refractivity contribution in [1.82, 2.24) is 5.32 Å². The van der Waals surface area contributed by atoms with Gasteiger partial charge >= 0.3 is 6.03 Å². The van der Waals surface area contributed by atoms with Crippen LogP contribution in [-0.4, -0.2) is 11.9 Å². The molecule has 3 aromatic carbocycles. The molecule has 0 aromatic heterocycles. The first-order valence-electron chi connectivity index (χ1n) is 8.71. The van der Waals surface area contributed by atoms with Gasteiger partial charge in [-0.15, -0.1) is 0 Å². The van der Waals surface area contributed by atoms with Crippen molar-refractivity contribution in [2.24, 2.45) is 0 Å². The van der Waals surface area contributed by atoms with Crippen LogP contribution in [0.1, 0.15) is 28.9 Å². The molecular formula is C22H21N3O2. The zero-order valence-corrected chi connectivity index (χ0v) is 15.0. The summed E-state index contributed by atoms with van der Waals surface area (Å²) in [5.41, 5.74) is 2.54. The fourth-order valence-electron chi connectivity index (χ4n) is 2.70. The Bertz CT molecular complexity index is 911. The number of nitrogens with one attached hydrogen (secondary N) is 3. The number of para-hydroxylation sites is 2. The molecule has 3 amide bonds. The maximum absolute atomic E-state index is 12.7. The van der Waals surface area contributed by atoms with Gasteiger partial charge in [0.2, 0.25) is 0 Å². The van der Waals surface area contributed by atoms with Crippen molar-refractivity contribution in [3.8, 4) is 0 Å². The van der Waals surface area contributed by atoms with E-state index in [9.17, 15) is 9.59 Å². The fourth-order valence-corrected chi connectivity index (χ4v) is 2.70. The summed E-state index contributed by atoms with van der Waals surface area (Å²) in [4.78, 5) is 25.0. The number of urea groups is 1. The van der Waals surface area contributed by atoms with Crippen LogP contribution in [0.4, 0.5) is 16.2 Å². The van der Waals surface area contributed by atoms with Crippen LogP contribution in [0.2, 0.25) is 0 Å². The van der Waals surface area contributed by atoms with Gasteiger partial charge in [-0.1, -0.05) is 60.7 Å². The number of carbonyl (C=O) groups is 2. The summed E-state index contributed by atoms with van der Waals surface area (Å²) in [7, 11) is 0. The lowest BCUT2D eigenvalue weighted by atomic mass is 10.1. The molecule has 0 radical (unpaired) electrons. The molecular weight excluding hydrogens is 338 g/mol. The molecule has 0 spiro atoms. The average Bonchev–Trinajstić information content (AvgIpc) is 2.69. The van der Waals surface area contributed by atoms with Gasteiger partial charge in [-0.2, -0.15) is 0 Å². The second-order valence-corrected chi connectivity index (χ2v) is 6.10. The van der Waals surface area contributed by atoms with E-state index in [1.54, 1.807) is 36.4 Å². The number of hydrogen-bond acceptors (Lipinski definition) is 2. The van der Waals surface area contributed by atoms with Gasteiger partial charge in [-0.05, 0) is 36.8 Å². The van der Waals surface area contributed by atoms with Crippen LogP contribution in [-0.2, 0) is 0 Å². The number of anilines is 2. The highest BCUT2D eigenvalue weighted by molar-refractivity contribution is 6.06. The molecule has 5 heteroatoms. The smallest absolute Gasteiger partial charge is 0.323 e. The van der Waals surface area contributed by atoms with Crippen LogP contribution in [0.25, 0.3) is 0 Å². The van der Waals surface area contributed by atoms with E-state index in [1.807, 2.05) is 55.5 Å². The molecule has 0 saturated heterocycles. The van der Waals surface area contributed by atoms with Crippen LogP contribution >= 0.6 is 0 Å². The van der Waals surface area contributed by atoms with Gasteiger partial charge in [0.1, 0.15) is 0 Å². The summed E-state index contributed by atoms with van der Waals surface area (Å²) in [6.45, 7) is 1.92. The summed E-state index contributed by atoms with van der Waals surface area (Å²) >= 11 is 0. The number of carbonyl (C=O) groups excluding carboxylic acids is 2. The van der Waals surface area contributed by atoms with Crippen LogP contribution in [0.5, 0.6) is 0 Å². The molecule has 3 rings (SSSR count). The molecule has 0 heterocycles. The van der Waals surface area contributed by atoms with Crippen LogP contribution in [0.3, 0.4) is 0 Å². The normalized spacial score (nSPS) is 11.3. The van der Waals surface area contributed by atoms with E-state index >= 15 is 0 Å². The van der Waals surface area contributed by atoms with Gasteiger partial charge in [-0.25, -0.2) is 4.79 Å². The zero-order chi connectivity index (χ0) is 19.1. The molecule has 0 aliphatic carbocycles. The van der Waals surface area contributed by atoms with Crippen molar-refractivity contribution in [2.45, 2.75) is 13.0 Å². The van der Waals surface area contributed by atoms with Gasteiger partial charge in [-0.3, -0.25) is 4.79 Å². The highest BCUT2D eigenvalue weighted by atomic mass is 16.2. The van der Waals surface area contributed by atoms with Crippen molar-refractivity contribution < 1.29 is 9.59 Å². The van der Waals surface area contributed by atoms with E-state index in [2.05, 4.69) is 16.0 Å². The summed E-state index contributed by atoms with van der Waals surface area (Å²) in [6.07, 6.45) is 0. The van der Waals surface area contributed by atoms with E-state index in [-0.39, 0.29) is 11.9 Å². The SMILES string of the molecule is CC(NC(=O)c1ccccc1NC(=O)Nc1ccccc1)c1ccccc1. The Labute approximate surface area is 158 Å². The van der Waals surface area contributed by atoms with Crippen LogP contribution in [0, 0.1) is 0 Å². The largest absolute Gasteiger partial charge is 0.345 e. The quantitative estimate of drug-likeness (QED) is 0.611. The standard InChI is InChI=1S/C22H21N3O2/c1-16(17-10-4-2-5-11-17)23-21(26)19-14-8-9-15-20(19)25-22(27)24-18-12-6-3-7-13-18/h2-16H,1H3,(H,23,26)(H2,24,25,27). The van der Waals surface area contributed by atoms with E-state index < -0.39 is 6.03 Å². The molecule has 0 saturated carbocycles. The Morgan fingerprint density at radius 2 is 1.33 bits per heavy atom. The minimum atomic E-state index is -0.405. The summed E-state index contributed by atoms with van der Waals surface area (Å²) in [5.74, 6) is -0.248. The fraction of sp³-hybridized carbons (Fsp3) is 0.0909. The summed E-state index contributed by atoms with van der Waals surface area (Å²) < 4.78 is 0. The van der Waals surface area contributed by atoms with Crippen molar-refractivity contribution in [3.63, 3.8) is 0 Å². The Morgan fingerprint density at radius 1 is 0.741 bits per heavy atom.